The van der Waals surface area contributed by atoms with Crippen LogP contribution in [0.4, 0.5) is 0 Å². The van der Waals surface area contributed by atoms with Crippen LogP contribution in [0.5, 0.6) is 0 Å². The molecule has 1 heterocycles. The van der Waals surface area contributed by atoms with E-state index in [9.17, 15) is 5.11 Å². The molecule has 1 rings (SSSR count). The van der Waals surface area contributed by atoms with E-state index in [-0.39, 0.29) is 17.4 Å². The number of hydrogen-bond acceptors (Lipinski definition) is 5. The molecular formula is C14H26N2O3. The molecule has 0 saturated heterocycles. The van der Waals surface area contributed by atoms with Crippen molar-refractivity contribution in [3.8, 4) is 0 Å². The Hall–Kier alpha value is -0.940. The van der Waals surface area contributed by atoms with Gasteiger partial charge < -0.3 is 14.4 Å². The second kappa shape index (κ2) is 6.48. The van der Waals surface area contributed by atoms with Crippen molar-refractivity contribution in [1.29, 1.82) is 0 Å². The first-order chi connectivity index (χ1) is 8.75. The molecule has 0 saturated carbocycles. The zero-order valence-electron chi connectivity index (χ0n) is 12.8. The Kier molecular flexibility index (Phi) is 5.50. The fourth-order valence-electron chi connectivity index (χ4n) is 1.75. The van der Waals surface area contributed by atoms with Gasteiger partial charge in [-0.1, -0.05) is 39.8 Å². The average molecular weight is 270 g/mol. The normalized spacial score (nSPS) is 15.8. The third kappa shape index (κ3) is 4.58. The van der Waals surface area contributed by atoms with Crippen LogP contribution in [0.1, 0.15) is 59.4 Å². The van der Waals surface area contributed by atoms with Gasteiger partial charge in [0.2, 0.25) is 11.7 Å². The maximum absolute atomic E-state index is 9.83. The molecule has 5 nitrogen and oxygen atoms in total. The molecule has 0 fully saturated rings. The molecule has 0 bridgehead atoms. The smallest absolute Gasteiger partial charge is 0.229 e. The number of hydrogen-bond donors (Lipinski definition) is 1. The molecular weight excluding hydrogens is 244 g/mol. The molecule has 0 spiro atoms. The molecule has 1 aromatic heterocycles. The topological polar surface area (TPSA) is 68.4 Å². The summed E-state index contributed by atoms with van der Waals surface area (Å²) < 4.78 is 10.9. The van der Waals surface area contributed by atoms with E-state index in [0.29, 0.717) is 24.7 Å². The number of aliphatic hydroxyl groups excluding tert-OH is 1. The molecule has 0 aliphatic heterocycles. The van der Waals surface area contributed by atoms with Crippen LogP contribution in [0.3, 0.4) is 0 Å². The van der Waals surface area contributed by atoms with Crippen molar-refractivity contribution in [2.24, 2.45) is 11.3 Å². The quantitative estimate of drug-likeness (QED) is 0.860. The van der Waals surface area contributed by atoms with E-state index in [0.717, 1.165) is 0 Å². The maximum Gasteiger partial charge on any atom is 0.229 e. The molecule has 0 amide bonds. The summed E-state index contributed by atoms with van der Waals surface area (Å²) in [4.78, 5) is 4.36. The van der Waals surface area contributed by atoms with Gasteiger partial charge in [0.25, 0.3) is 0 Å². The summed E-state index contributed by atoms with van der Waals surface area (Å²) in [5, 5.41) is 13.8. The predicted octanol–water partition coefficient (Wildman–Crippen LogP) is 2.75. The van der Waals surface area contributed by atoms with Gasteiger partial charge in [-0.3, -0.25) is 0 Å². The van der Waals surface area contributed by atoms with Crippen LogP contribution in [0.2, 0.25) is 0 Å². The van der Waals surface area contributed by atoms with E-state index in [2.05, 4.69) is 30.9 Å². The van der Waals surface area contributed by atoms with E-state index in [4.69, 9.17) is 9.26 Å². The summed E-state index contributed by atoms with van der Waals surface area (Å²) in [5.41, 5.74) is -0.103. The molecule has 110 valence electrons. The van der Waals surface area contributed by atoms with Crippen LogP contribution in [-0.4, -0.2) is 28.0 Å². The summed E-state index contributed by atoms with van der Waals surface area (Å²) in [6, 6.07) is 0. The van der Waals surface area contributed by atoms with Crippen molar-refractivity contribution >= 4 is 0 Å². The molecule has 19 heavy (non-hydrogen) atoms. The second-order valence-electron chi connectivity index (χ2n) is 6.26. The molecule has 0 aliphatic carbocycles. The van der Waals surface area contributed by atoms with E-state index < -0.39 is 6.10 Å². The van der Waals surface area contributed by atoms with Gasteiger partial charge in [-0.15, -0.1) is 0 Å². The van der Waals surface area contributed by atoms with Crippen molar-refractivity contribution in [1.82, 2.24) is 10.1 Å². The first kappa shape index (κ1) is 16.1. The van der Waals surface area contributed by atoms with Crippen LogP contribution in [0.15, 0.2) is 4.52 Å². The molecule has 2 atom stereocenters. The predicted molar refractivity (Wildman–Crippen MR) is 72.7 cm³/mol. The van der Waals surface area contributed by atoms with Crippen LogP contribution in [0, 0.1) is 11.3 Å². The Morgan fingerprint density at radius 2 is 1.95 bits per heavy atom. The Balaban J connectivity index is 2.82. The first-order valence-corrected chi connectivity index (χ1v) is 6.87. The largest absolute Gasteiger partial charge is 0.392 e. The molecule has 5 heteroatoms. The van der Waals surface area contributed by atoms with E-state index >= 15 is 0 Å². The lowest BCUT2D eigenvalue weighted by molar-refractivity contribution is -0.0203. The number of ether oxygens (including phenoxy) is 1. The van der Waals surface area contributed by atoms with Gasteiger partial charge in [-0.25, -0.2) is 0 Å². The van der Waals surface area contributed by atoms with Crippen LogP contribution in [-0.2, 0) is 11.2 Å². The summed E-state index contributed by atoms with van der Waals surface area (Å²) in [6.07, 6.45) is -0.284. The Morgan fingerprint density at radius 3 is 2.42 bits per heavy atom. The third-order valence-electron chi connectivity index (χ3n) is 2.99. The highest BCUT2D eigenvalue weighted by Crippen LogP contribution is 2.34. The Bertz CT molecular complexity index is 382. The van der Waals surface area contributed by atoms with E-state index in [1.54, 1.807) is 0 Å². The summed E-state index contributed by atoms with van der Waals surface area (Å²) in [6.45, 7) is 12.7. The Morgan fingerprint density at radius 1 is 1.32 bits per heavy atom. The van der Waals surface area contributed by atoms with Crippen molar-refractivity contribution in [2.75, 3.05) is 6.61 Å². The molecule has 2 unspecified atom stereocenters. The van der Waals surface area contributed by atoms with Crippen molar-refractivity contribution < 1.29 is 14.4 Å². The maximum atomic E-state index is 9.83. The van der Waals surface area contributed by atoms with Crippen LogP contribution >= 0.6 is 0 Å². The van der Waals surface area contributed by atoms with Gasteiger partial charge >= 0.3 is 0 Å². The summed E-state index contributed by atoms with van der Waals surface area (Å²) in [5.74, 6) is 1.19. The lowest BCUT2D eigenvalue weighted by Gasteiger charge is -2.27. The highest BCUT2D eigenvalue weighted by Gasteiger charge is 2.31. The second-order valence-corrected chi connectivity index (χ2v) is 6.26. The van der Waals surface area contributed by atoms with E-state index in [1.165, 1.54) is 0 Å². The van der Waals surface area contributed by atoms with Gasteiger partial charge in [0.15, 0.2) is 0 Å². The SMILES string of the molecule is CCOC(c1noc(CC(O)C(C)C)n1)C(C)(C)C. The average Bonchev–Trinajstić information content (AvgIpc) is 2.72. The number of aliphatic hydroxyl groups is 1. The third-order valence-corrected chi connectivity index (χ3v) is 2.99. The van der Waals surface area contributed by atoms with Crippen molar-refractivity contribution in [3.05, 3.63) is 11.7 Å². The first-order valence-electron chi connectivity index (χ1n) is 6.87. The molecule has 0 aromatic carbocycles. The van der Waals surface area contributed by atoms with Crippen LogP contribution in [0.25, 0.3) is 0 Å². The van der Waals surface area contributed by atoms with Gasteiger partial charge in [0.1, 0.15) is 6.10 Å². The van der Waals surface area contributed by atoms with Crippen molar-refractivity contribution in [2.45, 2.75) is 60.2 Å². The fourth-order valence-corrected chi connectivity index (χ4v) is 1.75. The zero-order chi connectivity index (χ0) is 14.6. The highest BCUT2D eigenvalue weighted by molar-refractivity contribution is 4.97. The lowest BCUT2D eigenvalue weighted by atomic mass is 9.88. The fraction of sp³-hybridized carbons (Fsp3) is 0.857. The number of nitrogens with zero attached hydrogens (tertiary/aromatic N) is 2. The lowest BCUT2D eigenvalue weighted by Crippen LogP contribution is -2.23. The minimum atomic E-state index is -0.464. The zero-order valence-corrected chi connectivity index (χ0v) is 12.8. The molecule has 1 aromatic rings. The Labute approximate surface area is 115 Å². The van der Waals surface area contributed by atoms with Gasteiger partial charge in [0.05, 0.1) is 12.5 Å². The minimum absolute atomic E-state index is 0.103. The van der Waals surface area contributed by atoms with Crippen molar-refractivity contribution in [3.63, 3.8) is 0 Å². The highest BCUT2D eigenvalue weighted by atomic mass is 16.5. The molecule has 0 aliphatic rings. The summed E-state index contributed by atoms with van der Waals surface area (Å²) >= 11 is 0. The number of aromatic nitrogens is 2. The molecule has 0 radical (unpaired) electrons. The van der Waals surface area contributed by atoms with Gasteiger partial charge in [-0.05, 0) is 18.3 Å². The van der Waals surface area contributed by atoms with E-state index in [1.807, 2.05) is 20.8 Å². The monoisotopic (exact) mass is 270 g/mol. The molecule has 1 N–H and O–H groups in total. The summed E-state index contributed by atoms with van der Waals surface area (Å²) in [7, 11) is 0. The van der Waals surface area contributed by atoms with Gasteiger partial charge in [-0.2, -0.15) is 4.98 Å². The minimum Gasteiger partial charge on any atom is -0.392 e. The number of rotatable bonds is 6. The standard InChI is InChI=1S/C14H26N2O3/c1-7-18-12(14(4,5)6)13-15-11(19-16-13)8-10(17)9(2)3/h9-10,12,17H,7-8H2,1-6H3. The van der Waals surface area contributed by atoms with Gasteiger partial charge in [0, 0.05) is 6.61 Å². The van der Waals surface area contributed by atoms with Crippen LogP contribution < -0.4 is 0 Å².